The van der Waals surface area contributed by atoms with E-state index in [2.05, 4.69) is 26.6 Å². The number of nitrogens with zero attached hydrogens (tertiary/aromatic N) is 1. The third kappa shape index (κ3) is 18.3. The zero-order chi connectivity index (χ0) is 46.7. The number of carbonyl (C=O) groups is 12. The SMILES string of the molecule is CCC[C@H](NC(=O)[C@@H]1C[C@@H](OCC(=O)O)CN1C(=O)[C@@H](NC(=O)[C@@H](NC(=O)[C@H](CCC(=O)O)NC(=O)[C@H](CCC(=O)O)NC(C)=O)C(C)C)C(C)C)C(=O)C(=O)NCC(=O)O. The molecule has 7 atom stereocenters. The van der Waals surface area contributed by atoms with E-state index in [-0.39, 0.29) is 32.2 Å². The van der Waals surface area contributed by atoms with Crippen molar-refractivity contribution in [3.8, 4) is 0 Å². The Kier molecular flexibility index (Phi) is 22.0. The fourth-order valence-corrected chi connectivity index (χ4v) is 6.14. The smallest absolute Gasteiger partial charge is 0.329 e. The molecule has 61 heavy (non-hydrogen) atoms. The Labute approximate surface area is 350 Å². The van der Waals surface area contributed by atoms with Crippen LogP contribution < -0.4 is 31.9 Å². The van der Waals surface area contributed by atoms with Gasteiger partial charge in [-0.2, -0.15) is 0 Å². The van der Waals surface area contributed by atoms with Crippen LogP contribution in [0.1, 0.15) is 86.5 Å². The van der Waals surface area contributed by atoms with Gasteiger partial charge in [0.2, 0.25) is 41.2 Å². The number of carboxylic acids is 4. The average Bonchev–Trinajstić information content (AvgIpc) is 3.60. The summed E-state index contributed by atoms with van der Waals surface area (Å²) in [4.78, 5) is 151. The molecule has 1 heterocycles. The molecule has 0 aliphatic carbocycles. The van der Waals surface area contributed by atoms with Crippen molar-refractivity contribution < 1.29 is 82.7 Å². The average molecular weight is 872 g/mol. The minimum atomic E-state index is -1.60. The molecular formula is C37H57N7O17. The zero-order valence-corrected chi connectivity index (χ0v) is 34.8. The van der Waals surface area contributed by atoms with Crippen LogP contribution in [0, 0.1) is 11.8 Å². The molecule has 0 bridgehead atoms. The quantitative estimate of drug-likeness (QED) is 0.0370. The molecule has 24 nitrogen and oxygen atoms in total. The lowest BCUT2D eigenvalue weighted by Gasteiger charge is -2.33. The molecule has 0 radical (unpaired) electrons. The number of nitrogens with one attached hydrogen (secondary N) is 6. The molecule has 0 saturated carbocycles. The van der Waals surface area contributed by atoms with E-state index in [1.807, 2.05) is 5.32 Å². The monoisotopic (exact) mass is 871 g/mol. The van der Waals surface area contributed by atoms with E-state index in [1.165, 1.54) is 13.8 Å². The first-order chi connectivity index (χ1) is 28.4. The highest BCUT2D eigenvalue weighted by atomic mass is 16.5. The van der Waals surface area contributed by atoms with Crippen molar-refractivity contribution in [2.24, 2.45) is 11.8 Å². The van der Waals surface area contributed by atoms with Crippen LogP contribution in [0.15, 0.2) is 0 Å². The van der Waals surface area contributed by atoms with E-state index in [4.69, 9.17) is 14.9 Å². The Hall–Kier alpha value is -6.20. The molecule has 0 aromatic carbocycles. The summed E-state index contributed by atoms with van der Waals surface area (Å²) in [6.45, 7) is 6.86. The highest BCUT2D eigenvalue weighted by Gasteiger charge is 2.45. The highest BCUT2D eigenvalue weighted by Crippen LogP contribution is 2.24. The largest absolute Gasteiger partial charge is 0.481 e. The number of carboxylic acid groups (broad SMARTS) is 4. The summed E-state index contributed by atoms with van der Waals surface area (Å²) in [5.41, 5.74) is 0. The molecule has 0 unspecified atom stereocenters. The number of amides is 7. The summed E-state index contributed by atoms with van der Waals surface area (Å²) in [6, 6.07) is -8.72. The van der Waals surface area contributed by atoms with Crippen LogP contribution in [0.4, 0.5) is 0 Å². The third-order valence-electron chi connectivity index (χ3n) is 9.22. The maximum atomic E-state index is 14.3. The molecule has 1 fully saturated rings. The van der Waals surface area contributed by atoms with Crippen molar-refractivity contribution in [1.29, 1.82) is 0 Å². The predicted molar refractivity (Wildman–Crippen MR) is 207 cm³/mol. The fourth-order valence-electron chi connectivity index (χ4n) is 6.14. The number of rotatable bonds is 27. The number of ether oxygens (including phenoxy) is 1. The van der Waals surface area contributed by atoms with Gasteiger partial charge in [0.05, 0.1) is 12.1 Å². The third-order valence-corrected chi connectivity index (χ3v) is 9.22. The minimum absolute atomic E-state index is 0.0564. The summed E-state index contributed by atoms with van der Waals surface area (Å²) >= 11 is 0. The van der Waals surface area contributed by atoms with Crippen LogP contribution in [-0.2, 0) is 62.3 Å². The molecule has 7 amide bonds. The Bertz CT molecular complexity index is 1670. The van der Waals surface area contributed by atoms with Crippen molar-refractivity contribution in [2.45, 2.75) is 129 Å². The van der Waals surface area contributed by atoms with Gasteiger partial charge >= 0.3 is 23.9 Å². The van der Waals surface area contributed by atoms with E-state index >= 15 is 0 Å². The lowest BCUT2D eigenvalue weighted by molar-refractivity contribution is -0.145. The molecule has 0 spiro atoms. The molecule has 342 valence electrons. The number of carbonyl (C=O) groups excluding carboxylic acids is 8. The number of hydrogen-bond donors (Lipinski definition) is 10. The van der Waals surface area contributed by atoms with Crippen LogP contribution >= 0.6 is 0 Å². The first kappa shape index (κ1) is 52.8. The fraction of sp³-hybridized carbons (Fsp3) is 0.676. The molecule has 10 N–H and O–H groups in total. The van der Waals surface area contributed by atoms with Crippen molar-refractivity contribution in [3.05, 3.63) is 0 Å². The van der Waals surface area contributed by atoms with Crippen molar-refractivity contribution >= 4 is 71.0 Å². The standard InChI is InChI=1S/C37H57N7O17/c1-7-8-21(31(54)36(59)38-14-27(50)51)40-34(57)24-13-20(61-16-28(52)53)15-44(24)37(60)30(18(4)5)43-35(58)29(17(2)3)42-33(56)23(10-12-26(48)49)41-32(55)22(39-19(6)45)9-11-25(46)47/h17-18,20-24,29-30H,7-16H2,1-6H3,(H,38,59)(H,39,45)(H,40,57)(H,41,55)(H,42,56)(H,43,58)(H,46,47)(H,48,49)(H,50,51)(H,52,53)/t20-,21+,22+,23+,24+,29+,30+/m1/s1. The van der Waals surface area contributed by atoms with Crippen LogP contribution in [0.3, 0.4) is 0 Å². The molecule has 1 rings (SSSR count). The first-order valence-electron chi connectivity index (χ1n) is 19.5. The number of likely N-dealkylation sites (tertiary alicyclic amines) is 1. The van der Waals surface area contributed by atoms with Crippen LogP contribution in [0.5, 0.6) is 0 Å². The maximum absolute atomic E-state index is 14.3. The molecule has 0 aromatic rings. The van der Waals surface area contributed by atoms with Gasteiger partial charge in [-0.15, -0.1) is 0 Å². The maximum Gasteiger partial charge on any atom is 0.329 e. The Balaban J connectivity index is 3.43. The van der Waals surface area contributed by atoms with Gasteiger partial charge in [-0.05, 0) is 31.1 Å². The second-order valence-electron chi connectivity index (χ2n) is 15.0. The van der Waals surface area contributed by atoms with Gasteiger partial charge in [0, 0.05) is 32.7 Å². The summed E-state index contributed by atoms with van der Waals surface area (Å²) in [6.07, 6.45) is -3.09. The van der Waals surface area contributed by atoms with Gasteiger partial charge in [-0.25, -0.2) is 4.79 Å². The number of Topliss-reactive ketones (excluding diaryl/α,β-unsaturated/α-hetero) is 1. The van der Waals surface area contributed by atoms with Crippen LogP contribution in [0.25, 0.3) is 0 Å². The normalized spacial score (nSPS) is 17.1. The molecule has 24 heteroatoms. The molecule has 1 aliphatic heterocycles. The van der Waals surface area contributed by atoms with Gasteiger partial charge in [0.15, 0.2) is 0 Å². The van der Waals surface area contributed by atoms with Crippen LogP contribution in [0.2, 0.25) is 0 Å². The van der Waals surface area contributed by atoms with Gasteiger partial charge < -0.3 is 62.0 Å². The predicted octanol–water partition coefficient (Wildman–Crippen LogP) is -2.89. The van der Waals surface area contributed by atoms with Crippen molar-refractivity contribution in [1.82, 2.24) is 36.8 Å². The molecular weight excluding hydrogens is 814 g/mol. The van der Waals surface area contributed by atoms with Crippen molar-refractivity contribution in [2.75, 3.05) is 19.7 Å². The Morgan fingerprint density at radius 3 is 1.64 bits per heavy atom. The zero-order valence-electron chi connectivity index (χ0n) is 34.8. The first-order valence-corrected chi connectivity index (χ1v) is 19.5. The molecule has 0 aromatic heterocycles. The van der Waals surface area contributed by atoms with E-state index in [0.717, 1.165) is 11.8 Å². The topological polar surface area (TPSA) is 370 Å². The molecule has 1 saturated heterocycles. The second-order valence-corrected chi connectivity index (χ2v) is 15.0. The van der Waals surface area contributed by atoms with E-state index in [9.17, 15) is 67.7 Å². The van der Waals surface area contributed by atoms with E-state index in [1.54, 1.807) is 20.8 Å². The lowest BCUT2D eigenvalue weighted by Crippen LogP contribution is -2.61. The highest BCUT2D eigenvalue weighted by molar-refractivity contribution is 6.38. The Morgan fingerprint density at radius 1 is 0.639 bits per heavy atom. The number of ketones is 1. The molecule has 1 aliphatic rings. The van der Waals surface area contributed by atoms with Crippen LogP contribution in [-0.4, -0.2) is 158 Å². The van der Waals surface area contributed by atoms with E-state index < -0.39 is 158 Å². The van der Waals surface area contributed by atoms with Gasteiger partial charge in [-0.1, -0.05) is 41.0 Å². The summed E-state index contributed by atoms with van der Waals surface area (Å²) in [5, 5.41) is 50.4. The van der Waals surface area contributed by atoms with Gasteiger partial charge in [0.1, 0.15) is 43.4 Å². The van der Waals surface area contributed by atoms with Gasteiger partial charge in [0.25, 0.3) is 5.91 Å². The van der Waals surface area contributed by atoms with E-state index in [0.29, 0.717) is 0 Å². The number of hydrogen-bond acceptors (Lipinski definition) is 13. The summed E-state index contributed by atoms with van der Waals surface area (Å²) < 4.78 is 5.39. The number of aliphatic carboxylic acids is 4. The second kappa shape index (κ2) is 25.4. The van der Waals surface area contributed by atoms with Gasteiger partial charge in [-0.3, -0.25) is 52.7 Å². The summed E-state index contributed by atoms with van der Waals surface area (Å²) in [5.74, 6) is -14.7. The summed E-state index contributed by atoms with van der Waals surface area (Å²) in [7, 11) is 0. The van der Waals surface area contributed by atoms with Crippen molar-refractivity contribution in [3.63, 3.8) is 0 Å². The Morgan fingerprint density at radius 2 is 1.16 bits per heavy atom. The minimum Gasteiger partial charge on any atom is -0.481 e. The lowest BCUT2D eigenvalue weighted by atomic mass is 9.98.